The summed E-state index contributed by atoms with van der Waals surface area (Å²) in [7, 11) is 1.65. The van der Waals surface area contributed by atoms with Crippen molar-refractivity contribution in [2.24, 2.45) is 0 Å². The maximum absolute atomic E-state index is 11.1. The lowest BCUT2D eigenvalue weighted by Crippen LogP contribution is -2.11. The van der Waals surface area contributed by atoms with E-state index in [1.807, 2.05) is 42.5 Å². The van der Waals surface area contributed by atoms with Crippen molar-refractivity contribution in [2.75, 3.05) is 7.11 Å². The Morgan fingerprint density at radius 3 is 2.54 bits per heavy atom. The molecule has 0 spiro atoms. The third kappa shape index (κ3) is 4.88. The van der Waals surface area contributed by atoms with Crippen LogP contribution in [0.15, 0.2) is 65.1 Å². The van der Waals surface area contributed by atoms with E-state index in [0.717, 1.165) is 22.6 Å². The van der Waals surface area contributed by atoms with E-state index in [1.165, 1.54) is 0 Å². The summed E-state index contributed by atoms with van der Waals surface area (Å²) in [5, 5.41) is 12.4. The molecule has 0 amide bonds. The van der Waals surface area contributed by atoms with Crippen molar-refractivity contribution in [3.8, 4) is 17.1 Å². The minimum atomic E-state index is -0.949. The number of hydrogen-bond donors (Lipinski definition) is 2. The number of carbonyl (C=O) groups is 1. The number of hydrogen-bond acceptors (Lipinski definition) is 4. The van der Waals surface area contributed by atoms with Gasteiger partial charge < -0.3 is 19.6 Å². The monoisotopic (exact) mass is 373 g/mol. The van der Waals surface area contributed by atoms with Gasteiger partial charge in [-0.15, -0.1) is 12.4 Å². The predicted octanol–water partition coefficient (Wildman–Crippen LogP) is 4.37. The van der Waals surface area contributed by atoms with Crippen molar-refractivity contribution >= 4 is 18.4 Å². The number of nitrogens with one attached hydrogen (secondary N) is 1. The molecule has 5 nitrogen and oxygen atoms in total. The first kappa shape index (κ1) is 19.6. The van der Waals surface area contributed by atoms with Crippen LogP contribution in [0.3, 0.4) is 0 Å². The van der Waals surface area contributed by atoms with Crippen molar-refractivity contribution in [1.29, 1.82) is 0 Å². The highest BCUT2D eigenvalue weighted by Gasteiger charge is 2.08. The molecule has 0 unspecified atom stereocenters. The first-order valence-electron chi connectivity index (χ1n) is 7.92. The van der Waals surface area contributed by atoms with Gasteiger partial charge in [-0.1, -0.05) is 24.3 Å². The first-order chi connectivity index (χ1) is 12.2. The molecular weight excluding hydrogens is 354 g/mol. The highest BCUT2D eigenvalue weighted by molar-refractivity contribution is 5.89. The van der Waals surface area contributed by atoms with Crippen LogP contribution in [-0.4, -0.2) is 18.2 Å². The lowest BCUT2D eigenvalue weighted by Gasteiger charge is -2.05. The minimum Gasteiger partial charge on any atom is -0.497 e. The Bertz CT molecular complexity index is 858. The molecule has 136 valence electrons. The van der Waals surface area contributed by atoms with Crippen LogP contribution in [0.25, 0.3) is 11.3 Å². The number of methoxy groups -OCH3 is 1. The summed E-state index contributed by atoms with van der Waals surface area (Å²) >= 11 is 0. The van der Waals surface area contributed by atoms with Crippen molar-refractivity contribution in [3.63, 3.8) is 0 Å². The van der Waals surface area contributed by atoms with E-state index >= 15 is 0 Å². The highest BCUT2D eigenvalue weighted by atomic mass is 35.5. The lowest BCUT2D eigenvalue weighted by atomic mass is 10.1. The number of aromatic carboxylic acids is 1. The SMILES string of the molecule is COc1ccc(CNCc2ccc(-c3cccc(C(=O)O)c3)o2)cc1.Cl. The molecule has 0 aliphatic rings. The van der Waals surface area contributed by atoms with Gasteiger partial charge in [0.1, 0.15) is 17.3 Å². The predicted molar refractivity (Wildman–Crippen MR) is 102 cm³/mol. The van der Waals surface area contributed by atoms with Crippen LogP contribution in [0, 0.1) is 0 Å². The number of carboxylic acid groups (broad SMARTS) is 1. The second-order valence-electron chi connectivity index (χ2n) is 5.60. The maximum Gasteiger partial charge on any atom is 0.335 e. The molecule has 0 saturated heterocycles. The zero-order valence-electron chi connectivity index (χ0n) is 14.3. The summed E-state index contributed by atoms with van der Waals surface area (Å²) < 4.78 is 10.9. The van der Waals surface area contributed by atoms with Gasteiger partial charge in [-0.3, -0.25) is 0 Å². The normalized spacial score (nSPS) is 10.2. The molecule has 2 aromatic carbocycles. The molecule has 3 rings (SSSR count). The molecule has 0 aliphatic heterocycles. The molecule has 0 aliphatic carbocycles. The van der Waals surface area contributed by atoms with Crippen LogP contribution in [0.4, 0.5) is 0 Å². The number of furan rings is 1. The topological polar surface area (TPSA) is 71.7 Å². The zero-order chi connectivity index (χ0) is 17.6. The van der Waals surface area contributed by atoms with Gasteiger partial charge in [0.15, 0.2) is 0 Å². The number of halogens is 1. The van der Waals surface area contributed by atoms with Gasteiger partial charge in [-0.2, -0.15) is 0 Å². The number of ether oxygens (including phenoxy) is 1. The average molecular weight is 374 g/mol. The van der Waals surface area contributed by atoms with Crippen LogP contribution in [0.5, 0.6) is 5.75 Å². The molecule has 0 bridgehead atoms. The van der Waals surface area contributed by atoms with Crippen molar-refractivity contribution in [3.05, 3.63) is 77.6 Å². The largest absolute Gasteiger partial charge is 0.497 e. The van der Waals surface area contributed by atoms with Gasteiger partial charge in [0.25, 0.3) is 0 Å². The Hall–Kier alpha value is -2.76. The lowest BCUT2D eigenvalue weighted by molar-refractivity contribution is 0.0697. The second kappa shape index (κ2) is 9.08. The van der Waals surface area contributed by atoms with E-state index in [2.05, 4.69) is 5.32 Å². The fourth-order valence-corrected chi connectivity index (χ4v) is 2.51. The molecule has 1 aromatic heterocycles. The quantitative estimate of drug-likeness (QED) is 0.643. The molecule has 0 saturated carbocycles. The van der Waals surface area contributed by atoms with Crippen molar-refractivity contribution < 1.29 is 19.1 Å². The number of rotatable bonds is 7. The van der Waals surface area contributed by atoms with E-state index in [1.54, 1.807) is 25.3 Å². The standard InChI is InChI=1S/C20H19NO4.ClH/c1-24-17-7-5-14(6-8-17)12-21-13-18-9-10-19(25-18)15-3-2-4-16(11-15)20(22)23;/h2-11,21H,12-13H2,1H3,(H,22,23);1H. The molecular formula is C20H20ClNO4. The first-order valence-corrected chi connectivity index (χ1v) is 7.92. The molecule has 3 aromatic rings. The summed E-state index contributed by atoms with van der Waals surface area (Å²) in [6, 6.07) is 18.3. The van der Waals surface area contributed by atoms with Gasteiger partial charge in [-0.05, 0) is 42.0 Å². The Morgan fingerprint density at radius 1 is 1.08 bits per heavy atom. The van der Waals surface area contributed by atoms with E-state index in [0.29, 0.717) is 18.8 Å². The van der Waals surface area contributed by atoms with Crippen LogP contribution in [-0.2, 0) is 13.1 Å². The molecule has 0 radical (unpaired) electrons. The van der Waals surface area contributed by atoms with E-state index in [-0.39, 0.29) is 18.0 Å². The van der Waals surface area contributed by atoms with Crippen molar-refractivity contribution in [2.45, 2.75) is 13.1 Å². The van der Waals surface area contributed by atoms with Gasteiger partial charge in [0.05, 0.1) is 19.2 Å². The molecule has 0 atom stereocenters. The molecule has 6 heteroatoms. The van der Waals surface area contributed by atoms with Crippen LogP contribution in [0.2, 0.25) is 0 Å². The summed E-state index contributed by atoms with van der Waals surface area (Å²) in [4.78, 5) is 11.1. The summed E-state index contributed by atoms with van der Waals surface area (Å²) in [6.07, 6.45) is 0. The van der Waals surface area contributed by atoms with E-state index < -0.39 is 5.97 Å². The van der Waals surface area contributed by atoms with Crippen molar-refractivity contribution in [1.82, 2.24) is 5.32 Å². The molecule has 2 N–H and O–H groups in total. The van der Waals surface area contributed by atoms with Crippen LogP contribution < -0.4 is 10.1 Å². The third-order valence-corrected chi connectivity index (χ3v) is 3.84. The number of benzene rings is 2. The molecule has 26 heavy (non-hydrogen) atoms. The van der Waals surface area contributed by atoms with E-state index in [9.17, 15) is 4.79 Å². The second-order valence-corrected chi connectivity index (χ2v) is 5.60. The van der Waals surface area contributed by atoms with Gasteiger partial charge in [-0.25, -0.2) is 4.79 Å². The summed E-state index contributed by atoms with van der Waals surface area (Å²) in [6.45, 7) is 1.30. The Morgan fingerprint density at radius 2 is 1.85 bits per heavy atom. The van der Waals surface area contributed by atoms with Crippen LogP contribution in [0.1, 0.15) is 21.7 Å². The maximum atomic E-state index is 11.1. The van der Waals surface area contributed by atoms with E-state index in [4.69, 9.17) is 14.3 Å². The smallest absolute Gasteiger partial charge is 0.335 e. The fraction of sp³-hybridized carbons (Fsp3) is 0.150. The van der Waals surface area contributed by atoms with Gasteiger partial charge in [0, 0.05) is 12.1 Å². The fourth-order valence-electron chi connectivity index (χ4n) is 2.51. The van der Waals surface area contributed by atoms with Gasteiger partial charge in [0.2, 0.25) is 0 Å². The summed E-state index contributed by atoms with van der Waals surface area (Å²) in [5.41, 5.74) is 2.15. The average Bonchev–Trinajstić information content (AvgIpc) is 3.11. The zero-order valence-corrected chi connectivity index (χ0v) is 15.1. The number of carboxylic acids is 1. The Balaban J connectivity index is 0.00000243. The Kier molecular flexibility index (Phi) is 6.83. The highest BCUT2D eigenvalue weighted by Crippen LogP contribution is 2.23. The third-order valence-electron chi connectivity index (χ3n) is 3.84. The Labute approximate surface area is 158 Å². The van der Waals surface area contributed by atoms with Gasteiger partial charge >= 0.3 is 5.97 Å². The molecule has 0 fully saturated rings. The van der Waals surface area contributed by atoms with Crippen LogP contribution >= 0.6 is 12.4 Å². The minimum absolute atomic E-state index is 0. The summed E-state index contributed by atoms with van der Waals surface area (Å²) in [5.74, 6) is 1.34. The molecule has 1 heterocycles.